The minimum absolute atomic E-state index is 0.259. The van der Waals surface area contributed by atoms with E-state index in [9.17, 15) is 14.7 Å². The van der Waals surface area contributed by atoms with Crippen molar-refractivity contribution in [2.45, 2.75) is 18.9 Å². The van der Waals surface area contributed by atoms with Crippen LogP contribution in [-0.4, -0.2) is 16.8 Å². The van der Waals surface area contributed by atoms with Crippen molar-refractivity contribution in [1.29, 1.82) is 0 Å². The molecule has 0 fully saturated rings. The fourth-order valence-electron chi connectivity index (χ4n) is 2.72. The Balaban J connectivity index is 2.00. The van der Waals surface area contributed by atoms with Crippen molar-refractivity contribution in [3.05, 3.63) is 62.6 Å². The van der Waals surface area contributed by atoms with Crippen molar-refractivity contribution >= 4 is 44.9 Å². The molecule has 0 aliphatic carbocycles. The molecule has 1 aliphatic heterocycles. The highest BCUT2D eigenvalue weighted by Gasteiger charge is 2.48. The van der Waals surface area contributed by atoms with E-state index in [2.05, 4.69) is 21.2 Å². The van der Waals surface area contributed by atoms with Crippen LogP contribution in [0.3, 0.4) is 0 Å². The molecule has 0 saturated carbocycles. The first-order chi connectivity index (χ1) is 10.8. The van der Waals surface area contributed by atoms with E-state index in [4.69, 9.17) is 11.6 Å². The predicted octanol–water partition coefficient (Wildman–Crippen LogP) is 3.82. The van der Waals surface area contributed by atoms with Gasteiger partial charge in [-0.2, -0.15) is 0 Å². The van der Waals surface area contributed by atoms with Crippen LogP contribution in [0, 0.1) is 6.92 Å². The third kappa shape index (κ3) is 2.69. The highest BCUT2D eigenvalue weighted by molar-refractivity contribution is 9.10. The summed E-state index contributed by atoms with van der Waals surface area (Å²) in [6.07, 6.45) is -0.364. The molecular formula is C17H13BrClNO3. The van der Waals surface area contributed by atoms with E-state index in [0.29, 0.717) is 11.3 Å². The Kier molecular flexibility index (Phi) is 4.04. The number of hydrogen-bond acceptors (Lipinski definition) is 3. The average Bonchev–Trinajstić information content (AvgIpc) is 2.77. The number of carbonyl (C=O) groups is 2. The van der Waals surface area contributed by atoms with Crippen molar-refractivity contribution < 1.29 is 14.7 Å². The number of anilines is 1. The summed E-state index contributed by atoms with van der Waals surface area (Å²) in [5.74, 6) is -0.963. The largest absolute Gasteiger partial charge is 0.375 e. The smallest absolute Gasteiger partial charge is 0.261 e. The molecular weight excluding hydrogens is 382 g/mol. The molecule has 118 valence electrons. The summed E-state index contributed by atoms with van der Waals surface area (Å²) in [5.41, 5.74) is 0.00225. The zero-order valence-electron chi connectivity index (χ0n) is 12.2. The molecule has 6 heteroatoms. The zero-order chi connectivity index (χ0) is 16.8. The highest BCUT2D eigenvalue weighted by Crippen LogP contribution is 2.44. The molecule has 0 radical (unpaired) electrons. The number of benzene rings is 2. The third-order valence-corrected chi connectivity index (χ3v) is 4.82. The van der Waals surface area contributed by atoms with E-state index in [1.165, 1.54) is 0 Å². The first-order valence-corrected chi connectivity index (χ1v) is 8.12. The van der Waals surface area contributed by atoms with Gasteiger partial charge in [0.2, 0.25) is 0 Å². The molecule has 23 heavy (non-hydrogen) atoms. The van der Waals surface area contributed by atoms with Crippen LogP contribution in [0.4, 0.5) is 5.69 Å². The van der Waals surface area contributed by atoms with E-state index in [0.717, 1.165) is 10.0 Å². The molecule has 4 nitrogen and oxygen atoms in total. The zero-order valence-corrected chi connectivity index (χ0v) is 14.5. The average molecular weight is 395 g/mol. The van der Waals surface area contributed by atoms with Gasteiger partial charge in [0.15, 0.2) is 11.4 Å². The van der Waals surface area contributed by atoms with Crippen LogP contribution < -0.4 is 5.32 Å². The molecule has 0 unspecified atom stereocenters. The standard InChI is InChI=1S/C17H13BrClNO3/c1-9-2-7-12(19)14-15(9)20-16(22)17(14,23)8-13(21)10-3-5-11(18)6-4-10/h2-7,23H,8H2,1H3,(H,20,22)/t17-/m0/s1. The van der Waals surface area contributed by atoms with Gasteiger partial charge in [0.1, 0.15) is 0 Å². The van der Waals surface area contributed by atoms with Gasteiger partial charge in [0.05, 0.1) is 12.1 Å². The van der Waals surface area contributed by atoms with Crippen molar-refractivity contribution in [3.63, 3.8) is 0 Å². The third-order valence-electron chi connectivity index (χ3n) is 3.97. The van der Waals surface area contributed by atoms with Gasteiger partial charge in [-0.25, -0.2) is 0 Å². The summed E-state index contributed by atoms with van der Waals surface area (Å²) < 4.78 is 0.843. The Labute approximate surface area is 146 Å². The molecule has 0 spiro atoms. The number of hydrogen-bond donors (Lipinski definition) is 2. The van der Waals surface area contributed by atoms with Gasteiger partial charge in [0, 0.05) is 20.6 Å². The summed E-state index contributed by atoms with van der Waals surface area (Å²) >= 11 is 9.47. The van der Waals surface area contributed by atoms with Gasteiger partial charge in [-0.3, -0.25) is 9.59 Å². The lowest BCUT2D eigenvalue weighted by molar-refractivity contribution is -0.133. The van der Waals surface area contributed by atoms with Crippen LogP contribution in [0.25, 0.3) is 0 Å². The van der Waals surface area contributed by atoms with Crippen molar-refractivity contribution in [1.82, 2.24) is 0 Å². The van der Waals surface area contributed by atoms with E-state index in [-0.39, 0.29) is 22.8 Å². The highest BCUT2D eigenvalue weighted by atomic mass is 79.9. The van der Waals surface area contributed by atoms with Gasteiger partial charge in [-0.1, -0.05) is 45.7 Å². The number of nitrogens with one attached hydrogen (secondary N) is 1. The molecule has 0 saturated heterocycles. The van der Waals surface area contributed by atoms with Crippen LogP contribution in [0.2, 0.25) is 5.02 Å². The van der Waals surface area contributed by atoms with Gasteiger partial charge in [-0.15, -0.1) is 0 Å². The van der Waals surface area contributed by atoms with Crippen LogP contribution >= 0.6 is 27.5 Å². The lowest BCUT2D eigenvalue weighted by Gasteiger charge is -2.21. The maximum absolute atomic E-state index is 12.5. The molecule has 1 heterocycles. The molecule has 0 aromatic heterocycles. The Hall–Kier alpha value is -1.69. The lowest BCUT2D eigenvalue weighted by Crippen LogP contribution is -2.36. The minimum atomic E-state index is -1.96. The first kappa shape index (κ1) is 16.2. The Bertz CT molecular complexity index is 819. The second-order valence-corrected chi connectivity index (χ2v) is 6.86. The van der Waals surface area contributed by atoms with Gasteiger partial charge < -0.3 is 10.4 Å². The molecule has 1 atom stereocenters. The first-order valence-electron chi connectivity index (χ1n) is 6.95. The van der Waals surface area contributed by atoms with E-state index < -0.39 is 11.5 Å². The molecule has 1 amide bonds. The SMILES string of the molecule is Cc1ccc(Cl)c2c1NC(=O)[C@]2(O)CC(=O)c1ccc(Br)cc1. The maximum atomic E-state index is 12.5. The second kappa shape index (κ2) is 5.74. The van der Waals surface area contributed by atoms with Crippen LogP contribution in [0.5, 0.6) is 0 Å². The quantitative estimate of drug-likeness (QED) is 0.778. The van der Waals surface area contributed by atoms with Crippen LogP contribution in [-0.2, 0) is 10.4 Å². The van der Waals surface area contributed by atoms with Crippen LogP contribution in [0.1, 0.15) is 27.9 Å². The van der Waals surface area contributed by atoms with Gasteiger partial charge >= 0.3 is 0 Å². The summed E-state index contributed by atoms with van der Waals surface area (Å²) in [4.78, 5) is 24.8. The van der Waals surface area contributed by atoms with E-state index in [1.54, 1.807) is 43.3 Å². The summed E-state index contributed by atoms with van der Waals surface area (Å²) in [6.45, 7) is 1.80. The number of ketones is 1. The number of aliphatic hydroxyl groups is 1. The fourth-order valence-corrected chi connectivity index (χ4v) is 3.29. The monoisotopic (exact) mass is 393 g/mol. The molecule has 0 bridgehead atoms. The number of carbonyl (C=O) groups excluding carboxylic acids is 2. The minimum Gasteiger partial charge on any atom is -0.375 e. The fraction of sp³-hybridized carbons (Fsp3) is 0.176. The number of halogens is 2. The Morgan fingerprint density at radius 1 is 1.26 bits per heavy atom. The number of amides is 1. The van der Waals surface area contributed by atoms with Crippen LogP contribution in [0.15, 0.2) is 40.9 Å². The van der Waals surface area contributed by atoms with Crippen molar-refractivity contribution in [2.75, 3.05) is 5.32 Å². The van der Waals surface area contributed by atoms with E-state index in [1.807, 2.05) is 0 Å². The number of Topliss-reactive ketones (excluding diaryl/α,β-unsaturated/α-hetero) is 1. The van der Waals surface area contributed by atoms with E-state index >= 15 is 0 Å². The molecule has 1 aliphatic rings. The molecule has 2 aromatic rings. The molecule has 3 rings (SSSR count). The number of aryl methyl sites for hydroxylation is 1. The summed E-state index contributed by atoms with van der Waals surface area (Å²) in [6, 6.07) is 10.1. The number of fused-ring (bicyclic) bond motifs is 1. The van der Waals surface area contributed by atoms with Crippen molar-refractivity contribution in [3.8, 4) is 0 Å². The second-order valence-electron chi connectivity index (χ2n) is 5.54. The lowest BCUT2D eigenvalue weighted by atomic mass is 9.87. The molecule has 2 aromatic carbocycles. The molecule has 2 N–H and O–H groups in total. The number of rotatable bonds is 3. The topological polar surface area (TPSA) is 66.4 Å². The summed E-state index contributed by atoms with van der Waals surface area (Å²) in [7, 11) is 0. The Morgan fingerprint density at radius 2 is 1.91 bits per heavy atom. The predicted molar refractivity (Wildman–Crippen MR) is 91.8 cm³/mol. The van der Waals surface area contributed by atoms with Crippen molar-refractivity contribution in [2.24, 2.45) is 0 Å². The Morgan fingerprint density at radius 3 is 2.57 bits per heavy atom. The maximum Gasteiger partial charge on any atom is 0.261 e. The van der Waals surface area contributed by atoms with Gasteiger partial charge in [-0.05, 0) is 30.7 Å². The van der Waals surface area contributed by atoms with Gasteiger partial charge in [0.25, 0.3) is 5.91 Å². The summed E-state index contributed by atoms with van der Waals surface area (Å²) in [5, 5.41) is 13.8. The normalized spacial score (nSPS) is 19.4.